The van der Waals surface area contributed by atoms with Crippen LogP contribution in [0.2, 0.25) is 0 Å². The van der Waals surface area contributed by atoms with Gasteiger partial charge in [0.1, 0.15) is 7.85 Å². The van der Waals surface area contributed by atoms with Gasteiger partial charge in [0.15, 0.2) is 0 Å². The molecule has 6 heteroatoms. The molecule has 0 amide bonds. The van der Waals surface area contributed by atoms with Gasteiger partial charge in [-0.3, -0.25) is 0 Å². The Labute approximate surface area is 74.4 Å². The van der Waals surface area contributed by atoms with E-state index in [4.69, 9.17) is 0 Å². The van der Waals surface area contributed by atoms with Crippen molar-refractivity contribution in [3.05, 3.63) is 29.8 Å². The van der Waals surface area contributed by atoms with Gasteiger partial charge in [0.25, 0.3) is 0 Å². The molecule has 2 nitrogen and oxygen atoms in total. The van der Waals surface area contributed by atoms with Gasteiger partial charge in [0.05, 0.1) is 5.56 Å². The van der Waals surface area contributed by atoms with E-state index in [1.54, 1.807) is 7.85 Å². The van der Waals surface area contributed by atoms with Crippen molar-refractivity contribution >= 4 is 13.3 Å². The molecule has 0 unspecified atom stereocenters. The molecule has 0 saturated carbocycles. The number of hydrogen-bond donors (Lipinski definition) is 0. The monoisotopic (exact) mass is 194 g/mol. The Morgan fingerprint density at radius 2 is 1.31 bits per heavy atom. The summed E-state index contributed by atoms with van der Waals surface area (Å²) >= 11 is 0. The molecule has 0 bridgehead atoms. The zero-order valence-corrected chi connectivity index (χ0v) is 6.94. The Hall–Kier alpha value is -1.01. The summed E-state index contributed by atoms with van der Waals surface area (Å²) in [5.41, 5.74) is 0.237. The van der Waals surface area contributed by atoms with Gasteiger partial charge in [-0.05, 0) is 0 Å². The van der Waals surface area contributed by atoms with Crippen molar-refractivity contribution in [1.29, 1.82) is 0 Å². The number of alkyl halides is 3. The lowest BCUT2D eigenvalue weighted by molar-refractivity contribution is -0.137. The second-order valence-electron chi connectivity index (χ2n) is 2.36. The largest absolute Gasteiger partial charge is 0.416 e. The maximum absolute atomic E-state index is 11.9. The Kier molecular flexibility index (Phi) is 5.45. The molecule has 0 aromatic heterocycles. The number of benzene rings is 1. The Bertz CT molecular complexity index is 245. The lowest BCUT2D eigenvalue weighted by atomic mass is 9.95. The van der Waals surface area contributed by atoms with Crippen LogP contribution in [-0.2, 0) is 6.18 Å². The van der Waals surface area contributed by atoms with Gasteiger partial charge in [-0.1, -0.05) is 29.7 Å². The van der Waals surface area contributed by atoms with Crippen LogP contribution >= 0.6 is 0 Å². The highest BCUT2D eigenvalue weighted by Crippen LogP contribution is 2.27. The molecule has 1 aromatic carbocycles. The standard InChI is InChI=1S/C7H6BF3.2H2O/c8-6-3-1-5(2-4-6)7(9,10)11;;/h1-4H,8H2;2*1H2. The third-order valence-electron chi connectivity index (χ3n) is 1.38. The summed E-state index contributed by atoms with van der Waals surface area (Å²) < 4.78 is 35.8. The minimum atomic E-state index is -4.21. The summed E-state index contributed by atoms with van der Waals surface area (Å²) in [6.07, 6.45) is -4.21. The lowest BCUT2D eigenvalue weighted by Crippen LogP contribution is -2.08. The maximum Gasteiger partial charge on any atom is 0.416 e. The molecule has 4 N–H and O–H groups in total. The highest BCUT2D eigenvalue weighted by atomic mass is 19.4. The number of hydrogen-bond acceptors (Lipinski definition) is 0. The molecule has 0 heterocycles. The molecule has 0 aliphatic heterocycles. The maximum atomic E-state index is 11.9. The van der Waals surface area contributed by atoms with Crippen molar-refractivity contribution < 1.29 is 24.1 Å². The molecule has 0 atom stereocenters. The molecule has 0 fully saturated rings. The fraction of sp³-hybridized carbons (Fsp3) is 0.143. The van der Waals surface area contributed by atoms with Crippen molar-refractivity contribution in [3.8, 4) is 0 Å². The quantitative estimate of drug-likeness (QED) is 0.491. The van der Waals surface area contributed by atoms with E-state index in [1.165, 1.54) is 12.1 Å². The lowest BCUT2D eigenvalue weighted by Gasteiger charge is -2.05. The van der Waals surface area contributed by atoms with Crippen LogP contribution in [0.15, 0.2) is 24.3 Å². The van der Waals surface area contributed by atoms with E-state index < -0.39 is 11.7 Å². The third kappa shape index (κ3) is 3.96. The average molecular weight is 194 g/mol. The summed E-state index contributed by atoms with van der Waals surface area (Å²) in [5.74, 6) is 0. The highest BCUT2D eigenvalue weighted by molar-refractivity contribution is 6.32. The smallest absolute Gasteiger partial charge is 0.412 e. The van der Waals surface area contributed by atoms with Crippen molar-refractivity contribution in [3.63, 3.8) is 0 Å². The summed E-state index contributed by atoms with van der Waals surface area (Å²) in [5, 5.41) is 0. The minimum absolute atomic E-state index is 0. The summed E-state index contributed by atoms with van der Waals surface area (Å²) in [6.45, 7) is 0. The van der Waals surface area contributed by atoms with Crippen LogP contribution < -0.4 is 5.46 Å². The van der Waals surface area contributed by atoms with Gasteiger partial charge in [0, 0.05) is 0 Å². The van der Waals surface area contributed by atoms with Crippen molar-refractivity contribution in [2.45, 2.75) is 6.18 Å². The molecular weight excluding hydrogens is 184 g/mol. The first-order valence-electron chi connectivity index (χ1n) is 3.14. The molecule has 0 radical (unpaired) electrons. The van der Waals surface area contributed by atoms with E-state index in [0.29, 0.717) is 0 Å². The topological polar surface area (TPSA) is 63.0 Å². The van der Waals surface area contributed by atoms with E-state index in [0.717, 1.165) is 17.6 Å². The first kappa shape index (κ1) is 14.5. The van der Waals surface area contributed by atoms with Gasteiger partial charge in [-0.25, -0.2) is 0 Å². The van der Waals surface area contributed by atoms with E-state index in [1.807, 2.05) is 0 Å². The first-order valence-corrected chi connectivity index (χ1v) is 3.14. The minimum Gasteiger partial charge on any atom is -0.412 e. The molecule has 1 rings (SSSR count). The number of halogens is 3. The number of rotatable bonds is 0. The second kappa shape index (κ2) is 4.88. The molecule has 0 spiro atoms. The molecule has 13 heavy (non-hydrogen) atoms. The Balaban J connectivity index is 0. The molecule has 0 aliphatic carbocycles. The van der Waals surface area contributed by atoms with Crippen LogP contribution in [0, 0.1) is 0 Å². The molecular formula is C7H10BF3O2. The first-order chi connectivity index (χ1) is 5.00. The zero-order chi connectivity index (χ0) is 8.48. The van der Waals surface area contributed by atoms with Crippen LogP contribution in [-0.4, -0.2) is 18.8 Å². The molecule has 74 valence electrons. The van der Waals surface area contributed by atoms with Gasteiger partial charge < -0.3 is 11.0 Å². The predicted octanol–water partition coefficient (Wildman–Crippen LogP) is -0.686. The fourth-order valence-corrected chi connectivity index (χ4v) is 0.743. The van der Waals surface area contributed by atoms with E-state index in [-0.39, 0.29) is 11.0 Å². The van der Waals surface area contributed by atoms with Gasteiger partial charge in [-0.15, -0.1) is 0 Å². The van der Waals surface area contributed by atoms with Crippen LogP contribution in [0.25, 0.3) is 0 Å². The third-order valence-corrected chi connectivity index (χ3v) is 1.38. The highest BCUT2D eigenvalue weighted by Gasteiger charge is 2.29. The van der Waals surface area contributed by atoms with Gasteiger partial charge >= 0.3 is 6.18 Å². The van der Waals surface area contributed by atoms with Crippen molar-refractivity contribution in [2.75, 3.05) is 0 Å². The fourth-order valence-electron chi connectivity index (χ4n) is 0.743. The van der Waals surface area contributed by atoms with Crippen LogP contribution in [0.1, 0.15) is 5.56 Å². The Morgan fingerprint density at radius 3 is 1.62 bits per heavy atom. The van der Waals surface area contributed by atoms with E-state index in [2.05, 4.69) is 0 Å². The van der Waals surface area contributed by atoms with Crippen LogP contribution in [0.3, 0.4) is 0 Å². The van der Waals surface area contributed by atoms with E-state index >= 15 is 0 Å². The second-order valence-corrected chi connectivity index (χ2v) is 2.36. The summed E-state index contributed by atoms with van der Waals surface area (Å²) in [4.78, 5) is 0. The summed E-state index contributed by atoms with van der Waals surface area (Å²) in [6, 6.07) is 5.05. The van der Waals surface area contributed by atoms with Crippen LogP contribution in [0.5, 0.6) is 0 Å². The molecule has 0 aliphatic rings. The zero-order valence-electron chi connectivity index (χ0n) is 6.94. The van der Waals surface area contributed by atoms with Gasteiger partial charge in [0.2, 0.25) is 0 Å². The SMILES string of the molecule is Bc1ccc(C(F)(F)F)cc1.O.O. The van der Waals surface area contributed by atoms with Gasteiger partial charge in [-0.2, -0.15) is 13.2 Å². The molecule has 0 saturated heterocycles. The average Bonchev–Trinajstić information content (AvgIpc) is 1.86. The van der Waals surface area contributed by atoms with Crippen molar-refractivity contribution in [2.24, 2.45) is 0 Å². The van der Waals surface area contributed by atoms with Crippen molar-refractivity contribution in [1.82, 2.24) is 0 Å². The molecule has 1 aromatic rings. The van der Waals surface area contributed by atoms with E-state index in [9.17, 15) is 13.2 Å². The van der Waals surface area contributed by atoms with Crippen LogP contribution in [0.4, 0.5) is 13.2 Å². The summed E-state index contributed by atoms with van der Waals surface area (Å²) in [7, 11) is 1.75. The predicted molar refractivity (Wildman–Crippen MR) is 46.8 cm³/mol. The Morgan fingerprint density at radius 1 is 0.923 bits per heavy atom. The normalized spacial score (nSPS) is 9.77.